The van der Waals surface area contributed by atoms with Gasteiger partial charge < -0.3 is 0 Å². The molecular formula is C48H30N4. The zero-order chi connectivity index (χ0) is 34.4. The molecule has 4 nitrogen and oxygen atoms in total. The van der Waals surface area contributed by atoms with E-state index in [-0.39, 0.29) is 0 Å². The van der Waals surface area contributed by atoms with Crippen LogP contribution in [0, 0.1) is 0 Å². The number of para-hydroxylation sites is 1. The smallest absolute Gasteiger partial charge is 0.160 e. The molecule has 3 aromatic heterocycles. The zero-order valence-electron chi connectivity index (χ0n) is 28.1. The van der Waals surface area contributed by atoms with Crippen LogP contribution in [-0.4, -0.2) is 19.9 Å². The fourth-order valence-electron chi connectivity index (χ4n) is 7.43. The minimum Gasteiger partial charge on any atom is -0.256 e. The molecule has 0 saturated heterocycles. The molecular weight excluding hydrogens is 633 g/mol. The van der Waals surface area contributed by atoms with E-state index in [4.69, 9.17) is 19.9 Å². The molecule has 0 aliphatic heterocycles. The van der Waals surface area contributed by atoms with Crippen LogP contribution in [-0.2, 0) is 0 Å². The molecule has 3 heterocycles. The predicted molar refractivity (Wildman–Crippen MR) is 215 cm³/mol. The lowest BCUT2D eigenvalue weighted by molar-refractivity contribution is 1.18. The summed E-state index contributed by atoms with van der Waals surface area (Å²) in [4.78, 5) is 20.6. The molecule has 0 amide bonds. The molecule has 0 N–H and O–H groups in total. The van der Waals surface area contributed by atoms with Gasteiger partial charge in [0.1, 0.15) is 0 Å². The molecule has 10 aromatic rings. The summed E-state index contributed by atoms with van der Waals surface area (Å²) in [6, 6.07) is 61.2. The second-order valence-electron chi connectivity index (χ2n) is 13.0. The molecule has 0 saturated carbocycles. The SMILES string of the molecule is c1ccc(-c2ccc(-c3cc(-c4ccc(-c5nc6ccccc6c6c5ccc5ccccc56)c5ncccc45)nc(-c4ccccc4)n3)cc2)cc1. The highest BCUT2D eigenvalue weighted by Crippen LogP contribution is 2.41. The Kier molecular flexibility index (Phi) is 7.10. The average molecular weight is 663 g/mol. The predicted octanol–water partition coefficient (Wildman–Crippen LogP) is 12.2. The molecule has 0 bridgehead atoms. The van der Waals surface area contributed by atoms with Gasteiger partial charge in [-0.05, 0) is 46.2 Å². The summed E-state index contributed by atoms with van der Waals surface area (Å²) in [6.07, 6.45) is 1.86. The molecule has 0 radical (unpaired) electrons. The van der Waals surface area contributed by atoms with Crippen molar-refractivity contribution in [1.82, 2.24) is 19.9 Å². The Labute approximate surface area is 300 Å². The fourth-order valence-corrected chi connectivity index (χ4v) is 7.43. The Morgan fingerprint density at radius 1 is 0.365 bits per heavy atom. The lowest BCUT2D eigenvalue weighted by Gasteiger charge is -2.16. The van der Waals surface area contributed by atoms with Gasteiger partial charge >= 0.3 is 0 Å². The number of benzene rings is 7. The molecule has 7 aromatic carbocycles. The molecule has 52 heavy (non-hydrogen) atoms. The van der Waals surface area contributed by atoms with E-state index in [0.29, 0.717) is 5.82 Å². The van der Waals surface area contributed by atoms with Crippen molar-refractivity contribution in [3.8, 4) is 56.3 Å². The number of nitrogens with zero attached hydrogens (tertiary/aromatic N) is 4. The van der Waals surface area contributed by atoms with Gasteiger partial charge in [0.25, 0.3) is 0 Å². The van der Waals surface area contributed by atoms with E-state index in [1.54, 1.807) is 0 Å². The lowest BCUT2D eigenvalue weighted by Crippen LogP contribution is -1.98. The van der Waals surface area contributed by atoms with Crippen LogP contribution < -0.4 is 0 Å². The first-order chi connectivity index (χ1) is 25.8. The van der Waals surface area contributed by atoms with Crippen LogP contribution >= 0.6 is 0 Å². The maximum Gasteiger partial charge on any atom is 0.160 e. The molecule has 0 aliphatic rings. The first-order valence-corrected chi connectivity index (χ1v) is 17.5. The first-order valence-electron chi connectivity index (χ1n) is 17.5. The summed E-state index contributed by atoms with van der Waals surface area (Å²) in [5.41, 5.74) is 10.8. The normalized spacial score (nSPS) is 11.5. The van der Waals surface area contributed by atoms with Crippen LogP contribution in [0.1, 0.15) is 0 Å². The Balaban J connectivity index is 1.18. The standard InChI is InChI=1S/C48H30N4/c1-3-12-31(13-4-1)32-21-23-34(24-22-32)43-30-44(52-48(51-43)35-15-5-2-6-16-35)37-27-28-41(46-38(37)19-11-29-49-46)47-40-26-25-33-14-7-8-17-36(33)45(40)39-18-9-10-20-42(39)50-47/h1-30H. The minimum atomic E-state index is 0.676. The second kappa shape index (κ2) is 12.4. The van der Waals surface area contributed by atoms with E-state index in [1.165, 1.54) is 21.7 Å². The minimum absolute atomic E-state index is 0.676. The lowest BCUT2D eigenvalue weighted by atomic mass is 9.93. The first kappa shape index (κ1) is 29.8. The molecule has 0 atom stereocenters. The second-order valence-corrected chi connectivity index (χ2v) is 13.0. The third kappa shape index (κ3) is 5.09. The van der Waals surface area contributed by atoms with E-state index < -0.39 is 0 Å². The fraction of sp³-hybridized carbons (Fsp3) is 0. The van der Waals surface area contributed by atoms with Crippen molar-refractivity contribution in [2.75, 3.05) is 0 Å². The van der Waals surface area contributed by atoms with Gasteiger partial charge in [-0.3, -0.25) is 4.98 Å². The Bertz CT molecular complexity index is 2920. The summed E-state index contributed by atoms with van der Waals surface area (Å²) in [5.74, 6) is 0.676. The highest BCUT2D eigenvalue weighted by atomic mass is 14.9. The number of fused-ring (bicyclic) bond motifs is 6. The molecule has 242 valence electrons. The van der Waals surface area contributed by atoms with Gasteiger partial charge in [0.05, 0.1) is 28.1 Å². The Morgan fingerprint density at radius 2 is 1.00 bits per heavy atom. The summed E-state index contributed by atoms with van der Waals surface area (Å²) in [7, 11) is 0. The third-order valence-electron chi connectivity index (χ3n) is 9.94. The van der Waals surface area contributed by atoms with E-state index in [9.17, 15) is 0 Å². The third-order valence-corrected chi connectivity index (χ3v) is 9.94. The van der Waals surface area contributed by atoms with Gasteiger partial charge in [-0.1, -0.05) is 152 Å². The van der Waals surface area contributed by atoms with Gasteiger partial charge in [-0.2, -0.15) is 0 Å². The van der Waals surface area contributed by atoms with Crippen molar-refractivity contribution in [1.29, 1.82) is 0 Å². The van der Waals surface area contributed by atoms with Crippen LogP contribution in [0.2, 0.25) is 0 Å². The summed E-state index contributed by atoms with van der Waals surface area (Å²) >= 11 is 0. The van der Waals surface area contributed by atoms with Crippen molar-refractivity contribution in [2.45, 2.75) is 0 Å². The highest BCUT2D eigenvalue weighted by molar-refractivity contribution is 6.23. The zero-order valence-corrected chi connectivity index (χ0v) is 28.1. The van der Waals surface area contributed by atoms with Crippen LogP contribution in [0.3, 0.4) is 0 Å². The highest BCUT2D eigenvalue weighted by Gasteiger charge is 2.19. The average Bonchev–Trinajstić information content (AvgIpc) is 3.23. The van der Waals surface area contributed by atoms with Crippen molar-refractivity contribution < 1.29 is 0 Å². The topological polar surface area (TPSA) is 51.6 Å². The van der Waals surface area contributed by atoms with Crippen LogP contribution in [0.25, 0.3) is 99.6 Å². The molecule has 0 spiro atoms. The van der Waals surface area contributed by atoms with Crippen molar-refractivity contribution in [3.05, 3.63) is 182 Å². The van der Waals surface area contributed by atoms with E-state index in [1.807, 2.05) is 36.5 Å². The van der Waals surface area contributed by atoms with Crippen LogP contribution in [0.15, 0.2) is 182 Å². The number of hydrogen-bond donors (Lipinski definition) is 0. The summed E-state index contributed by atoms with van der Waals surface area (Å²) < 4.78 is 0. The summed E-state index contributed by atoms with van der Waals surface area (Å²) in [5, 5.41) is 6.88. The monoisotopic (exact) mass is 662 g/mol. The Morgan fingerprint density at radius 3 is 1.83 bits per heavy atom. The van der Waals surface area contributed by atoms with Gasteiger partial charge in [-0.15, -0.1) is 0 Å². The molecule has 0 fully saturated rings. The number of hydrogen-bond acceptors (Lipinski definition) is 4. The van der Waals surface area contributed by atoms with Gasteiger partial charge in [0.2, 0.25) is 0 Å². The number of aromatic nitrogens is 4. The molecule has 4 heteroatoms. The van der Waals surface area contributed by atoms with E-state index in [0.717, 1.165) is 72.1 Å². The maximum absolute atomic E-state index is 5.30. The van der Waals surface area contributed by atoms with Crippen LogP contribution in [0.4, 0.5) is 0 Å². The molecule has 10 rings (SSSR count). The van der Waals surface area contributed by atoms with E-state index >= 15 is 0 Å². The van der Waals surface area contributed by atoms with E-state index in [2.05, 4.69) is 146 Å². The summed E-state index contributed by atoms with van der Waals surface area (Å²) in [6.45, 7) is 0. The largest absolute Gasteiger partial charge is 0.256 e. The van der Waals surface area contributed by atoms with Crippen molar-refractivity contribution >= 4 is 43.4 Å². The van der Waals surface area contributed by atoms with Gasteiger partial charge in [0, 0.05) is 50.0 Å². The van der Waals surface area contributed by atoms with Crippen LogP contribution in [0.5, 0.6) is 0 Å². The molecule has 0 unspecified atom stereocenters. The molecule has 0 aliphatic carbocycles. The van der Waals surface area contributed by atoms with Crippen molar-refractivity contribution in [3.63, 3.8) is 0 Å². The Hall–Kier alpha value is -7.04. The maximum atomic E-state index is 5.30. The van der Waals surface area contributed by atoms with Crippen molar-refractivity contribution in [2.24, 2.45) is 0 Å². The van der Waals surface area contributed by atoms with Gasteiger partial charge in [-0.25, -0.2) is 15.0 Å². The van der Waals surface area contributed by atoms with Gasteiger partial charge in [0.15, 0.2) is 5.82 Å². The number of pyridine rings is 2. The quantitative estimate of drug-likeness (QED) is 0.172. The number of rotatable bonds is 5.